The van der Waals surface area contributed by atoms with Gasteiger partial charge in [-0.2, -0.15) is 4.31 Å². The van der Waals surface area contributed by atoms with Gasteiger partial charge in [0, 0.05) is 61.6 Å². The Bertz CT molecular complexity index is 1190. The Morgan fingerprint density at radius 1 is 1.03 bits per heavy atom. The molecule has 1 atom stereocenters. The summed E-state index contributed by atoms with van der Waals surface area (Å²) < 4.78 is 25.3. The molecule has 0 bridgehead atoms. The molecule has 1 fully saturated rings. The highest BCUT2D eigenvalue weighted by molar-refractivity contribution is 7.88. The van der Waals surface area contributed by atoms with E-state index in [0.717, 1.165) is 39.1 Å². The van der Waals surface area contributed by atoms with Crippen LogP contribution in [-0.2, 0) is 15.6 Å². The lowest BCUT2D eigenvalue weighted by atomic mass is 9.88. The molecule has 0 aliphatic carbocycles. The Morgan fingerprint density at radius 3 is 2.36 bits per heavy atom. The molecule has 10 heteroatoms. The van der Waals surface area contributed by atoms with Crippen LogP contribution in [0, 0.1) is 6.92 Å². The van der Waals surface area contributed by atoms with E-state index in [9.17, 15) is 8.42 Å². The average molecular weight is 487 g/mol. The summed E-state index contributed by atoms with van der Waals surface area (Å²) >= 11 is 1.56. The maximum atomic E-state index is 11.8. The van der Waals surface area contributed by atoms with Crippen LogP contribution in [0.15, 0.2) is 42.9 Å². The van der Waals surface area contributed by atoms with Gasteiger partial charge in [0.15, 0.2) is 5.13 Å². The fourth-order valence-electron chi connectivity index (χ4n) is 4.10. The van der Waals surface area contributed by atoms with Crippen molar-refractivity contribution in [3.05, 3.63) is 54.1 Å². The highest BCUT2D eigenvalue weighted by Gasteiger charge is 2.36. The molecule has 8 nitrogen and oxygen atoms in total. The van der Waals surface area contributed by atoms with Crippen molar-refractivity contribution in [2.45, 2.75) is 32.7 Å². The van der Waals surface area contributed by atoms with Gasteiger partial charge in [0.1, 0.15) is 5.82 Å². The molecule has 0 spiro atoms. The lowest BCUT2D eigenvalue weighted by Crippen LogP contribution is -2.55. The molecule has 0 saturated carbocycles. The summed E-state index contributed by atoms with van der Waals surface area (Å²) in [5.74, 6) is 0.738. The van der Waals surface area contributed by atoms with Gasteiger partial charge in [0.25, 0.3) is 0 Å². The second kappa shape index (κ2) is 9.46. The monoisotopic (exact) mass is 486 g/mol. The molecule has 1 unspecified atom stereocenters. The fourth-order valence-corrected chi connectivity index (χ4v) is 5.74. The van der Waals surface area contributed by atoms with Crippen molar-refractivity contribution < 1.29 is 8.42 Å². The van der Waals surface area contributed by atoms with Gasteiger partial charge >= 0.3 is 0 Å². The minimum atomic E-state index is -3.14. The molecule has 176 valence electrons. The van der Waals surface area contributed by atoms with Crippen LogP contribution >= 0.6 is 11.3 Å². The van der Waals surface area contributed by atoms with Crippen LogP contribution in [0.25, 0.3) is 10.4 Å². The number of nitrogens with one attached hydrogen (secondary N) is 1. The first kappa shape index (κ1) is 23.7. The van der Waals surface area contributed by atoms with E-state index in [1.54, 1.807) is 15.6 Å². The molecule has 1 aliphatic heterocycles. The van der Waals surface area contributed by atoms with Gasteiger partial charge in [-0.15, -0.1) is 0 Å². The van der Waals surface area contributed by atoms with Crippen molar-refractivity contribution >= 4 is 32.3 Å². The van der Waals surface area contributed by atoms with Crippen LogP contribution in [0.5, 0.6) is 0 Å². The van der Waals surface area contributed by atoms with E-state index in [2.05, 4.69) is 45.1 Å². The van der Waals surface area contributed by atoms with Gasteiger partial charge in [0.2, 0.25) is 10.0 Å². The second-order valence-electron chi connectivity index (χ2n) is 8.55. The quantitative estimate of drug-likeness (QED) is 0.542. The third kappa shape index (κ3) is 5.24. The van der Waals surface area contributed by atoms with Gasteiger partial charge in [-0.3, -0.25) is 9.88 Å². The lowest BCUT2D eigenvalue weighted by molar-refractivity contribution is 0.0608. The number of anilines is 2. The Balaban J connectivity index is 1.44. The Labute approximate surface area is 199 Å². The van der Waals surface area contributed by atoms with Crippen molar-refractivity contribution in [3.63, 3.8) is 0 Å². The molecule has 3 aromatic heterocycles. The van der Waals surface area contributed by atoms with E-state index in [1.165, 1.54) is 6.26 Å². The zero-order valence-corrected chi connectivity index (χ0v) is 21.1. The van der Waals surface area contributed by atoms with E-state index < -0.39 is 10.0 Å². The molecule has 33 heavy (non-hydrogen) atoms. The molecular formula is C23H30N6O2S2. The van der Waals surface area contributed by atoms with Crippen LogP contribution in [0.4, 0.5) is 10.9 Å². The topological polar surface area (TPSA) is 91.3 Å². The molecule has 4 rings (SSSR count). The minimum Gasteiger partial charge on any atom is -0.316 e. The number of aryl methyl sites for hydroxylation is 1. The lowest BCUT2D eigenvalue weighted by Gasteiger charge is -2.45. The SMILES string of the molecule is CCC(C)(c1ccc(Nc2ncc(-c3ccc(C)nc3)s2)nc1)N1CCN(S(C)(=O)=O)CC1. The van der Waals surface area contributed by atoms with E-state index in [1.807, 2.05) is 43.7 Å². The number of hydrogen-bond donors (Lipinski definition) is 1. The first-order valence-corrected chi connectivity index (χ1v) is 13.7. The largest absolute Gasteiger partial charge is 0.316 e. The summed E-state index contributed by atoms with van der Waals surface area (Å²) in [5.41, 5.74) is 2.95. The number of aromatic nitrogens is 3. The first-order valence-electron chi connectivity index (χ1n) is 11.0. The van der Waals surface area contributed by atoms with Crippen molar-refractivity contribution in [1.82, 2.24) is 24.2 Å². The van der Waals surface area contributed by atoms with Crippen LogP contribution in [0.3, 0.4) is 0 Å². The molecule has 1 saturated heterocycles. The molecule has 4 heterocycles. The van der Waals surface area contributed by atoms with Gasteiger partial charge in [0.05, 0.1) is 11.1 Å². The number of rotatable bonds is 7. The minimum absolute atomic E-state index is 0.206. The molecule has 0 aromatic carbocycles. The summed E-state index contributed by atoms with van der Waals surface area (Å²) in [4.78, 5) is 16.9. The van der Waals surface area contributed by atoms with Gasteiger partial charge in [-0.25, -0.2) is 18.4 Å². The summed E-state index contributed by atoms with van der Waals surface area (Å²) in [6, 6.07) is 8.12. The van der Waals surface area contributed by atoms with E-state index in [4.69, 9.17) is 0 Å². The van der Waals surface area contributed by atoms with E-state index >= 15 is 0 Å². The average Bonchev–Trinajstić information content (AvgIpc) is 3.27. The fraction of sp³-hybridized carbons (Fsp3) is 0.435. The summed E-state index contributed by atoms with van der Waals surface area (Å²) in [7, 11) is -3.14. The van der Waals surface area contributed by atoms with Gasteiger partial charge in [-0.1, -0.05) is 30.4 Å². The van der Waals surface area contributed by atoms with Crippen LogP contribution in [0.1, 0.15) is 31.5 Å². The van der Waals surface area contributed by atoms with Crippen molar-refractivity contribution in [1.29, 1.82) is 0 Å². The third-order valence-corrected chi connectivity index (χ3v) is 8.68. The standard InChI is InChI=1S/C23H30N6O2S2/c1-5-23(3,28-10-12-29(13-11-28)33(4,30)31)19-8-9-21(25-15-19)27-22-26-16-20(32-22)18-7-6-17(2)24-14-18/h6-9,14-16H,5,10-13H2,1-4H3,(H,25,26,27). The van der Waals surface area contributed by atoms with Gasteiger partial charge in [-0.05, 0) is 38.0 Å². The number of pyridine rings is 2. The number of thiazole rings is 1. The van der Waals surface area contributed by atoms with Crippen LogP contribution in [0.2, 0.25) is 0 Å². The normalized spacial score (nSPS) is 17.6. The Kier molecular flexibility index (Phi) is 6.81. The van der Waals surface area contributed by atoms with Crippen molar-refractivity contribution in [2.75, 3.05) is 37.8 Å². The van der Waals surface area contributed by atoms with Crippen molar-refractivity contribution in [2.24, 2.45) is 0 Å². The molecule has 3 aromatic rings. The highest BCUT2D eigenvalue weighted by Crippen LogP contribution is 2.34. The zero-order valence-electron chi connectivity index (χ0n) is 19.4. The molecular weight excluding hydrogens is 456 g/mol. The molecule has 0 amide bonds. The Hall–Kier alpha value is -2.40. The maximum absolute atomic E-state index is 11.8. The highest BCUT2D eigenvalue weighted by atomic mass is 32.2. The van der Waals surface area contributed by atoms with Crippen LogP contribution < -0.4 is 5.32 Å². The summed E-state index contributed by atoms with van der Waals surface area (Å²) in [6.07, 6.45) is 7.80. The smallest absolute Gasteiger partial charge is 0.211 e. The summed E-state index contributed by atoms with van der Waals surface area (Å²) in [5, 5.41) is 4.07. The number of nitrogens with zero attached hydrogens (tertiary/aromatic N) is 5. The van der Waals surface area contributed by atoms with Crippen LogP contribution in [-0.4, -0.2) is 65.0 Å². The molecule has 0 radical (unpaired) electrons. The second-order valence-corrected chi connectivity index (χ2v) is 11.6. The third-order valence-electron chi connectivity index (χ3n) is 6.42. The maximum Gasteiger partial charge on any atom is 0.211 e. The predicted molar refractivity (Wildman–Crippen MR) is 133 cm³/mol. The van der Waals surface area contributed by atoms with E-state index in [0.29, 0.717) is 26.2 Å². The van der Waals surface area contributed by atoms with E-state index in [-0.39, 0.29) is 5.54 Å². The zero-order chi connectivity index (χ0) is 23.6. The summed E-state index contributed by atoms with van der Waals surface area (Å²) in [6.45, 7) is 8.77. The van der Waals surface area contributed by atoms with Crippen molar-refractivity contribution in [3.8, 4) is 10.4 Å². The first-order chi connectivity index (χ1) is 15.7. The Morgan fingerprint density at radius 2 is 1.79 bits per heavy atom. The molecule has 1 aliphatic rings. The number of hydrogen-bond acceptors (Lipinski definition) is 8. The molecule has 1 N–H and O–H groups in total. The number of sulfonamides is 1. The van der Waals surface area contributed by atoms with Gasteiger partial charge < -0.3 is 5.32 Å². The number of piperazine rings is 1. The predicted octanol–water partition coefficient (Wildman–Crippen LogP) is 3.85.